The second-order valence-corrected chi connectivity index (χ2v) is 5.87. The largest absolute Gasteiger partial charge is 0.312 e. The predicted molar refractivity (Wildman–Crippen MR) is 80.1 cm³/mol. The van der Waals surface area contributed by atoms with Gasteiger partial charge < -0.3 is 15.1 Å². The molecule has 0 aliphatic carbocycles. The Bertz CT molecular complexity index is 200. The fourth-order valence-electron chi connectivity index (χ4n) is 2.92. The Morgan fingerprint density at radius 1 is 1.17 bits per heavy atom. The SMILES string of the molecule is CCCCC(NCCC)C1CN(C)CCCN1C. The van der Waals surface area contributed by atoms with E-state index in [1.165, 1.54) is 51.7 Å². The molecule has 1 aliphatic heterocycles. The van der Waals surface area contributed by atoms with Crippen LogP contribution in [0.15, 0.2) is 0 Å². The third-order valence-corrected chi connectivity index (χ3v) is 4.11. The molecule has 0 bridgehead atoms. The molecule has 1 fully saturated rings. The molecule has 18 heavy (non-hydrogen) atoms. The summed E-state index contributed by atoms with van der Waals surface area (Å²) in [6.45, 7) is 9.40. The summed E-state index contributed by atoms with van der Waals surface area (Å²) in [4.78, 5) is 5.08. The average Bonchev–Trinajstić information content (AvgIpc) is 2.52. The van der Waals surface area contributed by atoms with Gasteiger partial charge in [0, 0.05) is 18.6 Å². The smallest absolute Gasteiger partial charge is 0.0373 e. The Morgan fingerprint density at radius 2 is 1.94 bits per heavy atom. The van der Waals surface area contributed by atoms with Crippen LogP contribution in [-0.4, -0.2) is 62.2 Å². The maximum absolute atomic E-state index is 3.78. The van der Waals surface area contributed by atoms with Crippen LogP contribution in [0.5, 0.6) is 0 Å². The van der Waals surface area contributed by atoms with Gasteiger partial charge >= 0.3 is 0 Å². The molecule has 2 unspecified atom stereocenters. The minimum atomic E-state index is 0.662. The summed E-state index contributed by atoms with van der Waals surface area (Å²) in [6, 6.07) is 1.34. The van der Waals surface area contributed by atoms with Gasteiger partial charge in [-0.05, 0) is 53.0 Å². The van der Waals surface area contributed by atoms with Gasteiger partial charge in [0.1, 0.15) is 0 Å². The summed E-state index contributed by atoms with van der Waals surface area (Å²) >= 11 is 0. The minimum absolute atomic E-state index is 0.662. The van der Waals surface area contributed by atoms with Crippen LogP contribution in [0.1, 0.15) is 46.0 Å². The summed E-state index contributed by atoms with van der Waals surface area (Å²) in [6.07, 6.45) is 6.50. The zero-order valence-electron chi connectivity index (χ0n) is 12.9. The highest BCUT2D eigenvalue weighted by Crippen LogP contribution is 2.15. The molecule has 1 aliphatic rings. The van der Waals surface area contributed by atoms with Gasteiger partial charge in [0.05, 0.1) is 0 Å². The molecular weight excluding hydrogens is 222 g/mol. The first-order valence-electron chi connectivity index (χ1n) is 7.81. The molecule has 0 aromatic rings. The summed E-state index contributed by atoms with van der Waals surface area (Å²) in [7, 11) is 4.57. The highest BCUT2D eigenvalue weighted by Gasteiger charge is 2.27. The fraction of sp³-hybridized carbons (Fsp3) is 1.00. The Morgan fingerprint density at radius 3 is 2.61 bits per heavy atom. The van der Waals surface area contributed by atoms with E-state index in [9.17, 15) is 0 Å². The Hall–Kier alpha value is -0.120. The van der Waals surface area contributed by atoms with Crippen LogP contribution in [-0.2, 0) is 0 Å². The van der Waals surface area contributed by atoms with Crippen LogP contribution < -0.4 is 5.32 Å². The van der Waals surface area contributed by atoms with Gasteiger partial charge in [0.25, 0.3) is 0 Å². The number of hydrogen-bond acceptors (Lipinski definition) is 3. The third kappa shape index (κ3) is 5.25. The maximum Gasteiger partial charge on any atom is 0.0373 e. The van der Waals surface area contributed by atoms with Crippen LogP contribution in [0.2, 0.25) is 0 Å². The van der Waals surface area contributed by atoms with Crippen molar-refractivity contribution in [1.82, 2.24) is 15.1 Å². The van der Waals surface area contributed by atoms with Gasteiger partial charge in [-0.25, -0.2) is 0 Å². The van der Waals surface area contributed by atoms with Crippen molar-refractivity contribution in [3.63, 3.8) is 0 Å². The van der Waals surface area contributed by atoms with E-state index in [0.717, 1.165) is 6.54 Å². The van der Waals surface area contributed by atoms with Gasteiger partial charge in [-0.3, -0.25) is 0 Å². The molecule has 0 amide bonds. The molecule has 0 aromatic heterocycles. The standard InChI is InChI=1S/C15H33N3/c1-5-7-9-14(16-10-6-2)15-13-17(3)11-8-12-18(15)4/h14-16H,5-13H2,1-4H3. The van der Waals surface area contributed by atoms with Crippen molar-refractivity contribution in [3.8, 4) is 0 Å². The molecule has 2 atom stereocenters. The monoisotopic (exact) mass is 255 g/mol. The molecule has 1 heterocycles. The molecule has 0 saturated carbocycles. The van der Waals surface area contributed by atoms with Crippen molar-refractivity contribution in [2.75, 3.05) is 40.3 Å². The first-order valence-corrected chi connectivity index (χ1v) is 7.81. The first-order chi connectivity index (χ1) is 8.69. The maximum atomic E-state index is 3.78. The van der Waals surface area contributed by atoms with Crippen LogP contribution in [0.4, 0.5) is 0 Å². The van der Waals surface area contributed by atoms with E-state index in [4.69, 9.17) is 0 Å². The molecule has 3 heteroatoms. The highest BCUT2D eigenvalue weighted by atomic mass is 15.2. The van der Waals surface area contributed by atoms with Gasteiger partial charge in [-0.15, -0.1) is 0 Å². The Kier molecular flexibility index (Phi) is 7.87. The zero-order valence-corrected chi connectivity index (χ0v) is 12.9. The molecule has 3 nitrogen and oxygen atoms in total. The summed E-state index contributed by atoms with van der Waals surface area (Å²) < 4.78 is 0. The van der Waals surface area contributed by atoms with E-state index in [0.29, 0.717) is 12.1 Å². The van der Waals surface area contributed by atoms with Crippen molar-refractivity contribution in [2.45, 2.75) is 58.0 Å². The summed E-state index contributed by atoms with van der Waals surface area (Å²) in [5.41, 5.74) is 0. The number of rotatable bonds is 7. The molecule has 0 aromatic carbocycles. The van der Waals surface area contributed by atoms with Gasteiger partial charge in [0.15, 0.2) is 0 Å². The normalized spacial score (nSPS) is 25.0. The van der Waals surface area contributed by atoms with Gasteiger partial charge in [-0.1, -0.05) is 26.7 Å². The molecule has 0 spiro atoms. The lowest BCUT2D eigenvalue weighted by molar-refractivity contribution is 0.171. The van der Waals surface area contributed by atoms with Crippen molar-refractivity contribution < 1.29 is 0 Å². The number of unbranched alkanes of at least 4 members (excludes halogenated alkanes) is 1. The number of nitrogens with one attached hydrogen (secondary N) is 1. The quantitative estimate of drug-likeness (QED) is 0.752. The van der Waals surface area contributed by atoms with Crippen LogP contribution in [0.25, 0.3) is 0 Å². The van der Waals surface area contributed by atoms with Crippen molar-refractivity contribution >= 4 is 0 Å². The topological polar surface area (TPSA) is 18.5 Å². The van der Waals surface area contributed by atoms with E-state index in [1.807, 2.05) is 0 Å². The molecule has 108 valence electrons. The van der Waals surface area contributed by atoms with Gasteiger partial charge in [0.2, 0.25) is 0 Å². The average molecular weight is 255 g/mol. The van der Waals surface area contributed by atoms with E-state index >= 15 is 0 Å². The van der Waals surface area contributed by atoms with E-state index in [-0.39, 0.29) is 0 Å². The minimum Gasteiger partial charge on any atom is -0.312 e. The lowest BCUT2D eigenvalue weighted by Crippen LogP contribution is -2.52. The van der Waals surface area contributed by atoms with Crippen LogP contribution in [0, 0.1) is 0 Å². The first kappa shape index (κ1) is 15.9. The Labute approximate surface area is 114 Å². The predicted octanol–water partition coefficient (Wildman–Crippen LogP) is 2.18. The highest BCUT2D eigenvalue weighted by molar-refractivity contribution is 4.87. The van der Waals surface area contributed by atoms with Crippen LogP contribution in [0.3, 0.4) is 0 Å². The number of hydrogen-bond donors (Lipinski definition) is 1. The van der Waals surface area contributed by atoms with E-state index in [1.54, 1.807) is 0 Å². The second-order valence-electron chi connectivity index (χ2n) is 5.87. The fourth-order valence-corrected chi connectivity index (χ4v) is 2.92. The van der Waals surface area contributed by atoms with E-state index in [2.05, 4.69) is 43.1 Å². The van der Waals surface area contributed by atoms with Crippen molar-refractivity contribution in [2.24, 2.45) is 0 Å². The summed E-state index contributed by atoms with van der Waals surface area (Å²) in [5, 5.41) is 3.78. The molecule has 0 radical (unpaired) electrons. The number of nitrogens with zero attached hydrogens (tertiary/aromatic N) is 2. The van der Waals surface area contributed by atoms with Gasteiger partial charge in [-0.2, -0.15) is 0 Å². The second kappa shape index (κ2) is 8.89. The van der Waals surface area contributed by atoms with E-state index < -0.39 is 0 Å². The van der Waals surface area contributed by atoms with Crippen molar-refractivity contribution in [1.29, 1.82) is 0 Å². The molecule has 1 saturated heterocycles. The zero-order chi connectivity index (χ0) is 13.4. The molecular formula is C15H33N3. The van der Waals surface area contributed by atoms with Crippen molar-refractivity contribution in [3.05, 3.63) is 0 Å². The van der Waals surface area contributed by atoms with Crippen LogP contribution >= 0.6 is 0 Å². The lowest BCUT2D eigenvalue weighted by atomic mass is 10.00. The Balaban J connectivity index is 2.60. The number of likely N-dealkylation sites (N-methyl/N-ethyl adjacent to an activating group) is 2. The molecule has 1 rings (SSSR count). The molecule has 1 N–H and O–H groups in total. The lowest BCUT2D eigenvalue weighted by Gasteiger charge is -2.35. The summed E-state index contributed by atoms with van der Waals surface area (Å²) in [5.74, 6) is 0. The third-order valence-electron chi connectivity index (χ3n) is 4.11.